The first kappa shape index (κ1) is 29.2. The van der Waals surface area contributed by atoms with Crippen molar-refractivity contribution in [2.24, 2.45) is 0 Å². The lowest BCUT2D eigenvalue weighted by molar-refractivity contribution is -0.727. The van der Waals surface area contributed by atoms with Crippen molar-refractivity contribution >= 4 is 0 Å². The van der Waals surface area contributed by atoms with E-state index in [0.717, 1.165) is 0 Å². The van der Waals surface area contributed by atoms with Gasteiger partial charge in [0.05, 0.1) is 12.0 Å². The summed E-state index contributed by atoms with van der Waals surface area (Å²) in [5.74, 6) is 2.22. The molecular weight excluding hydrogens is 388 g/mol. The van der Waals surface area contributed by atoms with Gasteiger partial charge in [0, 0.05) is 0 Å². The van der Waals surface area contributed by atoms with Crippen LogP contribution in [0, 0.1) is 0 Å². The maximum Gasteiger partial charge on any atom is 0.257 e. The zero-order chi connectivity index (χ0) is 23.3. The van der Waals surface area contributed by atoms with Crippen LogP contribution < -0.4 is 4.57 Å². The number of hydrogen-bond acceptors (Lipinski definition) is 0. The Morgan fingerprint density at radius 2 is 1.03 bits per heavy atom. The van der Waals surface area contributed by atoms with E-state index in [0.29, 0.717) is 12.0 Å². The SMILES string of the molecule is CCCCCCCCCCCC(CCCC)c1[nH]cc[n+]1C(C)CCCCCCCCC. The van der Waals surface area contributed by atoms with Gasteiger partial charge >= 0.3 is 0 Å². The van der Waals surface area contributed by atoms with Gasteiger partial charge in [-0.15, -0.1) is 0 Å². The van der Waals surface area contributed by atoms with Gasteiger partial charge in [0.2, 0.25) is 0 Å². The average molecular weight is 448 g/mol. The van der Waals surface area contributed by atoms with Crippen LogP contribution in [-0.2, 0) is 0 Å². The highest BCUT2D eigenvalue weighted by atomic mass is 15.1. The number of imidazole rings is 1. The van der Waals surface area contributed by atoms with Gasteiger partial charge in [0.25, 0.3) is 5.82 Å². The van der Waals surface area contributed by atoms with Crippen molar-refractivity contribution in [1.82, 2.24) is 4.98 Å². The maximum absolute atomic E-state index is 3.66. The molecule has 0 aliphatic heterocycles. The van der Waals surface area contributed by atoms with Crippen molar-refractivity contribution < 1.29 is 4.57 Å². The van der Waals surface area contributed by atoms with E-state index >= 15 is 0 Å². The third-order valence-corrected chi connectivity index (χ3v) is 7.39. The minimum Gasteiger partial charge on any atom is -0.247 e. The number of nitrogens with zero attached hydrogens (tertiary/aromatic N) is 1. The van der Waals surface area contributed by atoms with Crippen LogP contribution in [0.2, 0.25) is 0 Å². The van der Waals surface area contributed by atoms with Gasteiger partial charge in [-0.3, -0.25) is 0 Å². The fourth-order valence-corrected chi connectivity index (χ4v) is 5.18. The molecule has 0 fully saturated rings. The lowest BCUT2D eigenvalue weighted by atomic mass is 9.93. The fraction of sp³-hybridized carbons (Fsp3) is 0.900. The quantitative estimate of drug-likeness (QED) is 0.127. The predicted octanol–water partition coefficient (Wildman–Crippen LogP) is 10.2. The highest BCUT2D eigenvalue weighted by Gasteiger charge is 2.25. The third kappa shape index (κ3) is 13.7. The van der Waals surface area contributed by atoms with Crippen molar-refractivity contribution in [1.29, 1.82) is 0 Å². The Labute approximate surface area is 202 Å². The van der Waals surface area contributed by atoms with E-state index in [1.54, 1.807) is 0 Å². The molecular formula is C30H59N2+. The van der Waals surface area contributed by atoms with E-state index in [4.69, 9.17) is 0 Å². The zero-order valence-corrected chi connectivity index (χ0v) is 22.6. The Hall–Kier alpha value is -0.790. The molecule has 1 aromatic rings. The normalized spacial score (nSPS) is 13.5. The number of rotatable bonds is 23. The van der Waals surface area contributed by atoms with Crippen molar-refractivity contribution in [3.8, 4) is 0 Å². The summed E-state index contributed by atoms with van der Waals surface area (Å²) in [7, 11) is 0. The number of aromatic amines is 1. The standard InChI is InChI=1S/C30H58N2/c1-5-8-11-13-15-16-18-20-22-25-29(24-10-7-3)30-31-26-27-32(30)28(4)23-21-19-17-14-12-9-6-2/h26-29H,5-25H2,1-4H3/p+1. The molecule has 0 aromatic carbocycles. The van der Waals surface area contributed by atoms with Crippen LogP contribution in [0.1, 0.15) is 180 Å². The fourth-order valence-electron chi connectivity index (χ4n) is 5.18. The topological polar surface area (TPSA) is 19.7 Å². The van der Waals surface area contributed by atoms with Gasteiger partial charge in [0.1, 0.15) is 12.4 Å². The van der Waals surface area contributed by atoms with Crippen LogP contribution in [-0.4, -0.2) is 4.98 Å². The molecule has 1 heterocycles. The first-order valence-electron chi connectivity index (χ1n) is 14.8. The molecule has 2 heteroatoms. The summed E-state index contributed by atoms with van der Waals surface area (Å²) >= 11 is 0. The van der Waals surface area contributed by atoms with E-state index in [1.807, 2.05) is 0 Å². The highest BCUT2D eigenvalue weighted by Crippen LogP contribution is 2.26. The highest BCUT2D eigenvalue weighted by molar-refractivity contribution is 4.90. The number of aromatic nitrogens is 2. The molecule has 0 bridgehead atoms. The molecule has 0 radical (unpaired) electrons. The van der Waals surface area contributed by atoms with Crippen LogP contribution in [0.25, 0.3) is 0 Å². The zero-order valence-electron chi connectivity index (χ0n) is 22.6. The second-order valence-corrected chi connectivity index (χ2v) is 10.5. The van der Waals surface area contributed by atoms with Gasteiger partial charge in [-0.05, 0) is 32.6 Å². The van der Waals surface area contributed by atoms with Crippen LogP contribution in [0.4, 0.5) is 0 Å². The molecule has 2 unspecified atom stereocenters. The number of unbranched alkanes of at least 4 members (excludes halogenated alkanes) is 15. The van der Waals surface area contributed by atoms with Crippen molar-refractivity contribution in [3.63, 3.8) is 0 Å². The summed E-state index contributed by atoms with van der Waals surface area (Å²) in [6.45, 7) is 9.38. The predicted molar refractivity (Wildman–Crippen MR) is 142 cm³/mol. The molecule has 0 aliphatic carbocycles. The molecule has 32 heavy (non-hydrogen) atoms. The van der Waals surface area contributed by atoms with Gasteiger partial charge in [0.15, 0.2) is 0 Å². The summed E-state index contributed by atoms with van der Waals surface area (Å²) in [4.78, 5) is 3.66. The van der Waals surface area contributed by atoms with Crippen LogP contribution in [0.3, 0.4) is 0 Å². The molecule has 1 aromatic heterocycles. The van der Waals surface area contributed by atoms with Crippen LogP contribution in [0.15, 0.2) is 12.4 Å². The average Bonchev–Trinajstić information content (AvgIpc) is 3.29. The second-order valence-electron chi connectivity index (χ2n) is 10.5. The van der Waals surface area contributed by atoms with Gasteiger partial charge in [-0.1, -0.05) is 130 Å². The van der Waals surface area contributed by atoms with Gasteiger partial charge < -0.3 is 0 Å². The Morgan fingerprint density at radius 1 is 0.594 bits per heavy atom. The molecule has 2 atom stereocenters. The maximum atomic E-state index is 3.66. The Morgan fingerprint density at radius 3 is 1.56 bits per heavy atom. The first-order valence-corrected chi connectivity index (χ1v) is 14.8. The van der Waals surface area contributed by atoms with Crippen LogP contribution in [0.5, 0.6) is 0 Å². The first-order chi connectivity index (χ1) is 15.7. The Kier molecular flexibility index (Phi) is 19.0. The van der Waals surface area contributed by atoms with E-state index < -0.39 is 0 Å². The number of nitrogens with one attached hydrogen (secondary N) is 1. The van der Waals surface area contributed by atoms with Crippen molar-refractivity contribution in [3.05, 3.63) is 18.2 Å². The molecule has 0 saturated heterocycles. The third-order valence-electron chi connectivity index (χ3n) is 7.39. The summed E-state index contributed by atoms with van der Waals surface area (Å²) in [5.41, 5.74) is 0. The Bertz CT molecular complexity index is 507. The second kappa shape index (κ2) is 20.8. The number of hydrogen-bond donors (Lipinski definition) is 1. The molecule has 1 N–H and O–H groups in total. The molecule has 1 rings (SSSR count). The summed E-state index contributed by atoms with van der Waals surface area (Å²) in [6, 6.07) is 0.624. The van der Waals surface area contributed by atoms with Gasteiger partial charge in [-0.25, -0.2) is 9.55 Å². The molecule has 0 amide bonds. The Balaban J connectivity index is 2.38. The van der Waals surface area contributed by atoms with Gasteiger partial charge in [-0.2, -0.15) is 0 Å². The molecule has 2 nitrogen and oxygen atoms in total. The number of H-pyrrole nitrogens is 1. The van der Waals surface area contributed by atoms with E-state index in [1.165, 1.54) is 141 Å². The monoisotopic (exact) mass is 447 g/mol. The minimum absolute atomic E-state index is 0.624. The van der Waals surface area contributed by atoms with E-state index in [2.05, 4.69) is 49.6 Å². The minimum atomic E-state index is 0.624. The van der Waals surface area contributed by atoms with Crippen molar-refractivity contribution in [2.75, 3.05) is 0 Å². The van der Waals surface area contributed by atoms with Crippen LogP contribution >= 0.6 is 0 Å². The molecule has 0 spiro atoms. The molecule has 0 aliphatic rings. The molecule has 0 saturated carbocycles. The molecule has 188 valence electrons. The van der Waals surface area contributed by atoms with E-state index in [-0.39, 0.29) is 0 Å². The lowest BCUT2D eigenvalue weighted by Crippen LogP contribution is -2.41. The van der Waals surface area contributed by atoms with E-state index in [9.17, 15) is 0 Å². The summed E-state index contributed by atoms with van der Waals surface area (Å²) in [5, 5.41) is 0. The largest absolute Gasteiger partial charge is 0.257 e. The summed E-state index contributed by atoms with van der Waals surface area (Å²) < 4.78 is 2.59. The summed E-state index contributed by atoms with van der Waals surface area (Å²) in [6.07, 6.45) is 33.9. The lowest BCUT2D eigenvalue weighted by Gasteiger charge is -2.17. The van der Waals surface area contributed by atoms with Crippen molar-refractivity contribution in [2.45, 2.75) is 174 Å². The smallest absolute Gasteiger partial charge is 0.247 e.